The van der Waals surface area contributed by atoms with Crippen molar-refractivity contribution in [3.63, 3.8) is 0 Å². The molecule has 34 heavy (non-hydrogen) atoms. The number of rotatable bonds is 6. The van der Waals surface area contributed by atoms with Gasteiger partial charge in [-0.2, -0.15) is 0 Å². The van der Waals surface area contributed by atoms with Crippen LogP contribution >= 0.6 is 23.2 Å². The third-order valence-electron chi connectivity index (χ3n) is 6.51. The maximum atomic E-state index is 12.7. The third kappa shape index (κ3) is 4.69. The summed E-state index contributed by atoms with van der Waals surface area (Å²) in [7, 11) is 0. The van der Waals surface area contributed by atoms with Gasteiger partial charge >= 0.3 is 0 Å². The van der Waals surface area contributed by atoms with E-state index in [1.807, 2.05) is 37.3 Å². The van der Waals surface area contributed by atoms with Crippen LogP contribution in [0.3, 0.4) is 0 Å². The largest absolute Gasteiger partial charge is 0.494 e. The van der Waals surface area contributed by atoms with Crippen molar-refractivity contribution in [1.82, 2.24) is 14.9 Å². The van der Waals surface area contributed by atoms with Crippen molar-refractivity contribution in [3.05, 3.63) is 46.4 Å². The van der Waals surface area contributed by atoms with Crippen LogP contribution in [0.25, 0.3) is 16.7 Å². The summed E-state index contributed by atoms with van der Waals surface area (Å²) < 4.78 is 13.1. The zero-order chi connectivity index (χ0) is 23.7. The zero-order valence-corrected chi connectivity index (χ0v) is 20.6. The van der Waals surface area contributed by atoms with Gasteiger partial charge in [-0.15, -0.1) is 0 Å². The van der Waals surface area contributed by atoms with E-state index >= 15 is 0 Å². The minimum Gasteiger partial charge on any atom is -0.494 e. The molecule has 0 radical (unpaired) electrons. The second-order valence-corrected chi connectivity index (χ2v) is 9.57. The van der Waals surface area contributed by atoms with Gasteiger partial charge < -0.3 is 19.7 Å². The Labute approximate surface area is 208 Å². The van der Waals surface area contributed by atoms with E-state index in [4.69, 9.17) is 37.7 Å². The van der Waals surface area contributed by atoms with E-state index in [9.17, 15) is 4.79 Å². The van der Waals surface area contributed by atoms with Gasteiger partial charge in [-0.1, -0.05) is 23.2 Å². The van der Waals surface area contributed by atoms with E-state index in [2.05, 4.69) is 14.8 Å². The average Bonchev–Trinajstić information content (AvgIpc) is 3.48. The molecular formula is C25H28Cl2N4O3. The third-order valence-corrected chi connectivity index (χ3v) is 7.23. The Kier molecular flexibility index (Phi) is 6.86. The van der Waals surface area contributed by atoms with E-state index < -0.39 is 0 Å². The van der Waals surface area contributed by atoms with Gasteiger partial charge in [0.05, 0.1) is 40.3 Å². The monoisotopic (exact) mass is 502 g/mol. The van der Waals surface area contributed by atoms with E-state index in [1.165, 1.54) is 0 Å². The number of imidazole rings is 1. The molecule has 1 amide bonds. The van der Waals surface area contributed by atoms with Gasteiger partial charge in [0.2, 0.25) is 11.9 Å². The van der Waals surface area contributed by atoms with Crippen molar-refractivity contribution < 1.29 is 14.3 Å². The predicted octanol–water partition coefficient (Wildman–Crippen LogP) is 4.85. The van der Waals surface area contributed by atoms with Crippen LogP contribution in [0.1, 0.15) is 26.2 Å². The number of anilines is 1. The number of carbonyl (C=O) groups excluding carboxylic acids is 1. The van der Waals surface area contributed by atoms with Crippen LogP contribution in [0.5, 0.6) is 5.75 Å². The predicted molar refractivity (Wildman–Crippen MR) is 135 cm³/mol. The first-order valence-corrected chi connectivity index (χ1v) is 12.5. The molecule has 2 fully saturated rings. The normalized spacial score (nSPS) is 19.0. The fraction of sp³-hybridized carbons (Fsp3) is 0.440. The molecule has 7 nitrogen and oxygen atoms in total. The van der Waals surface area contributed by atoms with Crippen LogP contribution in [0.15, 0.2) is 36.4 Å². The first-order chi connectivity index (χ1) is 16.5. The highest BCUT2D eigenvalue weighted by molar-refractivity contribution is 6.42. The molecule has 9 heteroatoms. The Bertz CT molecular complexity index is 1170. The quantitative estimate of drug-likeness (QED) is 0.521. The minimum absolute atomic E-state index is 0.00374. The lowest BCUT2D eigenvalue weighted by molar-refractivity contribution is -0.126. The number of nitrogens with zero attached hydrogens (tertiary/aromatic N) is 3. The number of benzene rings is 2. The first-order valence-electron chi connectivity index (χ1n) is 11.8. The molecule has 0 bridgehead atoms. The van der Waals surface area contributed by atoms with Crippen LogP contribution in [-0.2, 0) is 9.53 Å². The van der Waals surface area contributed by atoms with Crippen molar-refractivity contribution in [1.29, 1.82) is 0 Å². The van der Waals surface area contributed by atoms with Gasteiger partial charge in [-0.05, 0) is 62.6 Å². The van der Waals surface area contributed by atoms with Crippen molar-refractivity contribution in [2.45, 2.75) is 32.2 Å². The lowest BCUT2D eigenvalue weighted by atomic mass is 9.95. The molecule has 180 valence electrons. The molecule has 0 unspecified atom stereocenters. The highest BCUT2D eigenvalue weighted by Crippen LogP contribution is 2.35. The number of halogens is 2. The molecule has 1 atom stereocenters. The smallest absolute Gasteiger partial charge is 0.223 e. The number of nitrogens with one attached hydrogen (secondary N) is 1. The number of piperidine rings is 1. The van der Waals surface area contributed by atoms with Gasteiger partial charge in [-0.25, -0.2) is 4.98 Å². The van der Waals surface area contributed by atoms with Crippen LogP contribution < -0.4 is 15.0 Å². The summed E-state index contributed by atoms with van der Waals surface area (Å²) >= 11 is 12.7. The number of hydrogen-bond acceptors (Lipinski definition) is 5. The summed E-state index contributed by atoms with van der Waals surface area (Å²) in [6.45, 7) is 5.39. The van der Waals surface area contributed by atoms with Gasteiger partial charge in [0.1, 0.15) is 5.75 Å². The van der Waals surface area contributed by atoms with E-state index in [0.717, 1.165) is 67.4 Å². The SMILES string of the molecule is CCOc1ccc(-n2c(N3CCC(C(=O)N[C@@H]4CCOC4)CC3)nc3cc(Cl)c(Cl)cc32)cc1. The van der Waals surface area contributed by atoms with Gasteiger partial charge in [0, 0.05) is 31.3 Å². The summed E-state index contributed by atoms with van der Waals surface area (Å²) in [4.78, 5) is 19.9. The molecule has 5 rings (SSSR count). The van der Waals surface area contributed by atoms with Crippen molar-refractivity contribution in [2.75, 3.05) is 37.8 Å². The number of fused-ring (bicyclic) bond motifs is 1. The Morgan fingerprint density at radius 3 is 2.56 bits per heavy atom. The average molecular weight is 503 g/mol. The highest BCUT2D eigenvalue weighted by Gasteiger charge is 2.30. The van der Waals surface area contributed by atoms with Gasteiger partial charge in [0.25, 0.3) is 0 Å². The molecule has 2 aliphatic heterocycles. The lowest BCUT2D eigenvalue weighted by Crippen LogP contribution is -2.44. The standard InChI is InChI=1S/C25H28Cl2N4O3/c1-2-34-19-5-3-18(4-6-19)31-23-14-21(27)20(26)13-22(23)29-25(31)30-10-7-16(8-11-30)24(32)28-17-9-12-33-15-17/h3-6,13-14,16-17H,2,7-12,15H2,1H3,(H,28,32)/t17-/m1/s1. The summed E-state index contributed by atoms with van der Waals surface area (Å²) in [5, 5.41) is 4.11. The summed E-state index contributed by atoms with van der Waals surface area (Å²) in [6, 6.07) is 11.7. The topological polar surface area (TPSA) is 68.6 Å². The molecule has 2 aliphatic rings. The van der Waals surface area contributed by atoms with Gasteiger partial charge in [0.15, 0.2) is 0 Å². The number of hydrogen-bond donors (Lipinski definition) is 1. The summed E-state index contributed by atoms with van der Waals surface area (Å²) in [5.74, 6) is 1.77. The molecule has 0 spiro atoms. The van der Waals surface area contributed by atoms with Crippen LogP contribution in [-0.4, -0.2) is 54.4 Å². The maximum absolute atomic E-state index is 12.7. The Balaban J connectivity index is 1.41. The minimum atomic E-state index is 0.00374. The second-order valence-electron chi connectivity index (χ2n) is 8.76. The zero-order valence-electron chi connectivity index (χ0n) is 19.1. The van der Waals surface area contributed by atoms with Crippen LogP contribution in [0.2, 0.25) is 10.0 Å². The number of carbonyl (C=O) groups is 1. The van der Waals surface area contributed by atoms with E-state index in [-0.39, 0.29) is 17.9 Å². The first kappa shape index (κ1) is 23.3. The van der Waals surface area contributed by atoms with Crippen molar-refractivity contribution >= 4 is 46.1 Å². The van der Waals surface area contributed by atoms with Crippen molar-refractivity contribution in [3.8, 4) is 11.4 Å². The lowest BCUT2D eigenvalue weighted by Gasteiger charge is -2.32. The second kappa shape index (κ2) is 10.0. The maximum Gasteiger partial charge on any atom is 0.223 e. The molecule has 3 aromatic rings. The van der Waals surface area contributed by atoms with Crippen LogP contribution in [0, 0.1) is 5.92 Å². The summed E-state index contributed by atoms with van der Waals surface area (Å²) in [5.41, 5.74) is 2.62. The Hall–Kier alpha value is -2.48. The molecular weight excluding hydrogens is 475 g/mol. The Morgan fingerprint density at radius 1 is 1.15 bits per heavy atom. The fourth-order valence-electron chi connectivity index (χ4n) is 4.69. The highest BCUT2D eigenvalue weighted by atomic mass is 35.5. The van der Waals surface area contributed by atoms with E-state index in [0.29, 0.717) is 23.3 Å². The Morgan fingerprint density at radius 2 is 1.88 bits per heavy atom. The number of ether oxygens (including phenoxy) is 2. The summed E-state index contributed by atoms with van der Waals surface area (Å²) in [6.07, 6.45) is 2.43. The van der Waals surface area contributed by atoms with Crippen LogP contribution in [0.4, 0.5) is 5.95 Å². The molecule has 2 saturated heterocycles. The van der Waals surface area contributed by atoms with E-state index in [1.54, 1.807) is 6.07 Å². The number of amides is 1. The molecule has 3 heterocycles. The molecule has 0 saturated carbocycles. The van der Waals surface area contributed by atoms with Crippen molar-refractivity contribution in [2.24, 2.45) is 5.92 Å². The molecule has 1 aromatic heterocycles. The fourth-order valence-corrected chi connectivity index (χ4v) is 5.01. The molecule has 1 N–H and O–H groups in total. The van der Waals surface area contributed by atoms with Gasteiger partial charge in [-0.3, -0.25) is 9.36 Å². The molecule has 2 aromatic carbocycles. The number of aromatic nitrogens is 2. The molecule has 0 aliphatic carbocycles.